The summed E-state index contributed by atoms with van der Waals surface area (Å²) in [5, 5.41) is 15.8. The first-order valence-electron chi connectivity index (χ1n) is 5.29. The van der Waals surface area contributed by atoms with Gasteiger partial charge in [-0.25, -0.2) is 9.78 Å². The summed E-state index contributed by atoms with van der Waals surface area (Å²) in [6.07, 6.45) is 1.74. The highest BCUT2D eigenvalue weighted by molar-refractivity contribution is 7.11. The van der Waals surface area contributed by atoms with Gasteiger partial charge in [-0.3, -0.25) is 0 Å². The standard InChI is InChI=1S/C11H13N3O2S2/c1-6-7(9(15)16)8(18-14-6)13-11(2,3)10-12-4-5-17-10/h4-5,13H,1-3H3,(H,15,16). The third-order valence-corrected chi connectivity index (χ3v) is 4.42. The number of rotatable bonds is 4. The third kappa shape index (κ3) is 2.37. The number of aryl methyl sites for hydroxylation is 1. The minimum atomic E-state index is -0.960. The maximum absolute atomic E-state index is 11.2. The monoisotopic (exact) mass is 283 g/mol. The van der Waals surface area contributed by atoms with Crippen LogP contribution in [-0.2, 0) is 5.54 Å². The van der Waals surface area contributed by atoms with Crippen molar-refractivity contribution in [1.29, 1.82) is 0 Å². The fourth-order valence-electron chi connectivity index (χ4n) is 1.58. The Balaban J connectivity index is 2.32. The molecular weight excluding hydrogens is 270 g/mol. The van der Waals surface area contributed by atoms with Crippen LogP contribution in [0, 0.1) is 6.92 Å². The lowest BCUT2D eigenvalue weighted by atomic mass is 10.1. The SMILES string of the molecule is Cc1nsc(NC(C)(C)c2nccs2)c1C(=O)O. The number of aromatic nitrogens is 2. The maximum atomic E-state index is 11.2. The van der Waals surface area contributed by atoms with Gasteiger partial charge in [0, 0.05) is 11.6 Å². The lowest BCUT2D eigenvalue weighted by molar-refractivity contribution is 0.0697. The van der Waals surface area contributed by atoms with Crippen molar-refractivity contribution < 1.29 is 9.90 Å². The predicted octanol–water partition coefficient (Wildman–Crippen LogP) is 2.95. The van der Waals surface area contributed by atoms with Crippen LogP contribution in [0.4, 0.5) is 5.00 Å². The van der Waals surface area contributed by atoms with Crippen LogP contribution in [0.1, 0.15) is 34.9 Å². The molecule has 2 heterocycles. The van der Waals surface area contributed by atoms with Crippen LogP contribution < -0.4 is 5.32 Å². The van der Waals surface area contributed by atoms with E-state index in [4.69, 9.17) is 0 Å². The molecule has 0 bridgehead atoms. The predicted molar refractivity (Wildman–Crippen MR) is 72.6 cm³/mol. The normalized spacial score (nSPS) is 11.5. The van der Waals surface area contributed by atoms with E-state index in [0.29, 0.717) is 10.7 Å². The second-order valence-electron chi connectivity index (χ2n) is 4.36. The number of carbonyl (C=O) groups is 1. The Hall–Kier alpha value is -1.47. The second kappa shape index (κ2) is 4.66. The van der Waals surface area contributed by atoms with Gasteiger partial charge in [-0.1, -0.05) is 0 Å². The largest absolute Gasteiger partial charge is 0.478 e. The van der Waals surface area contributed by atoms with Gasteiger partial charge in [0.25, 0.3) is 0 Å². The van der Waals surface area contributed by atoms with Crippen molar-refractivity contribution in [2.45, 2.75) is 26.3 Å². The molecule has 2 N–H and O–H groups in total. The van der Waals surface area contributed by atoms with E-state index in [2.05, 4.69) is 14.7 Å². The summed E-state index contributed by atoms with van der Waals surface area (Å²) in [6.45, 7) is 5.63. The molecule has 2 aromatic heterocycles. The molecule has 0 amide bonds. The van der Waals surface area contributed by atoms with E-state index in [1.807, 2.05) is 19.2 Å². The number of aromatic carboxylic acids is 1. The molecule has 0 saturated heterocycles. The third-order valence-electron chi connectivity index (χ3n) is 2.47. The van der Waals surface area contributed by atoms with Gasteiger partial charge in [0.15, 0.2) is 0 Å². The van der Waals surface area contributed by atoms with Crippen LogP contribution >= 0.6 is 22.9 Å². The minimum absolute atomic E-state index is 0.240. The molecule has 0 aromatic carbocycles. The van der Waals surface area contributed by atoms with Crippen molar-refractivity contribution in [3.63, 3.8) is 0 Å². The molecule has 0 aliphatic heterocycles. The smallest absolute Gasteiger partial charge is 0.340 e. The lowest BCUT2D eigenvalue weighted by Gasteiger charge is -2.24. The molecule has 0 aliphatic carbocycles. The lowest BCUT2D eigenvalue weighted by Crippen LogP contribution is -2.28. The van der Waals surface area contributed by atoms with Crippen molar-refractivity contribution in [1.82, 2.24) is 9.36 Å². The molecule has 5 nitrogen and oxygen atoms in total. The molecule has 2 aromatic rings. The summed E-state index contributed by atoms with van der Waals surface area (Å²) in [5.74, 6) is -0.960. The molecule has 0 unspecified atom stereocenters. The summed E-state index contributed by atoms with van der Waals surface area (Å²) in [7, 11) is 0. The molecular formula is C11H13N3O2S2. The summed E-state index contributed by atoms with van der Waals surface area (Å²) in [4.78, 5) is 15.4. The average Bonchev–Trinajstić information content (AvgIpc) is 2.87. The molecule has 0 saturated carbocycles. The van der Waals surface area contributed by atoms with Crippen molar-refractivity contribution in [3.05, 3.63) is 27.8 Å². The summed E-state index contributed by atoms with van der Waals surface area (Å²) < 4.78 is 4.08. The molecule has 0 radical (unpaired) electrons. The van der Waals surface area contributed by atoms with E-state index < -0.39 is 11.5 Å². The number of carboxylic acid groups (broad SMARTS) is 1. The van der Waals surface area contributed by atoms with E-state index in [1.165, 1.54) is 11.3 Å². The first-order valence-corrected chi connectivity index (χ1v) is 6.95. The highest BCUT2D eigenvalue weighted by atomic mass is 32.1. The first-order chi connectivity index (χ1) is 8.42. The number of carboxylic acids is 1. The zero-order valence-electron chi connectivity index (χ0n) is 10.2. The van der Waals surface area contributed by atoms with Crippen molar-refractivity contribution in [2.75, 3.05) is 5.32 Å². The number of nitrogens with one attached hydrogen (secondary N) is 1. The van der Waals surface area contributed by atoms with Gasteiger partial charge < -0.3 is 10.4 Å². The van der Waals surface area contributed by atoms with Crippen molar-refractivity contribution in [3.8, 4) is 0 Å². The number of anilines is 1. The van der Waals surface area contributed by atoms with Gasteiger partial charge >= 0.3 is 5.97 Å². The van der Waals surface area contributed by atoms with Gasteiger partial charge in [-0.15, -0.1) is 11.3 Å². The Morgan fingerprint density at radius 1 is 1.50 bits per heavy atom. The number of nitrogens with zero attached hydrogens (tertiary/aromatic N) is 2. The first kappa shape index (κ1) is 13.0. The zero-order valence-corrected chi connectivity index (χ0v) is 11.9. The summed E-state index contributed by atoms with van der Waals surface area (Å²) in [5.41, 5.74) is 0.353. The fraction of sp³-hybridized carbons (Fsp3) is 0.364. The van der Waals surface area contributed by atoms with Gasteiger partial charge in [0.2, 0.25) is 0 Å². The Kier molecular flexibility index (Phi) is 3.36. The Morgan fingerprint density at radius 3 is 2.78 bits per heavy atom. The van der Waals surface area contributed by atoms with Gasteiger partial charge in [0.05, 0.1) is 11.2 Å². The van der Waals surface area contributed by atoms with Crippen LogP contribution in [0.2, 0.25) is 0 Å². The van der Waals surface area contributed by atoms with E-state index in [1.54, 1.807) is 13.1 Å². The highest BCUT2D eigenvalue weighted by Crippen LogP contribution is 2.32. The van der Waals surface area contributed by atoms with Gasteiger partial charge in [-0.05, 0) is 32.3 Å². The molecule has 18 heavy (non-hydrogen) atoms. The topological polar surface area (TPSA) is 75.1 Å². The van der Waals surface area contributed by atoms with Crippen LogP contribution in [0.15, 0.2) is 11.6 Å². The van der Waals surface area contributed by atoms with Crippen LogP contribution in [0.3, 0.4) is 0 Å². The minimum Gasteiger partial charge on any atom is -0.478 e. The second-order valence-corrected chi connectivity index (χ2v) is 6.03. The molecule has 2 rings (SSSR count). The highest BCUT2D eigenvalue weighted by Gasteiger charge is 2.27. The van der Waals surface area contributed by atoms with Crippen LogP contribution in [-0.4, -0.2) is 20.4 Å². The molecule has 0 atom stereocenters. The van der Waals surface area contributed by atoms with Gasteiger partial charge in [0.1, 0.15) is 15.6 Å². The number of hydrogen-bond donors (Lipinski definition) is 2. The van der Waals surface area contributed by atoms with E-state index >= 15 is 0 Å². The average molecular weight is 283 g/mol. The van der Waals surface area contributed by atoms with Crippen LogP contribution in [0.25, 0.3) is 0 Å². The van der Waals surface area contributed by atoms with E-state index in [9.17, 15) is 9.90 Å². The van der Waals surface area contributed by atoms with E-state index in [-0.39, 0.29) is 5.56 Å². The molecule has 7 heteroatoms. The van der Waals surface area contributed by atoms with Crippen molar-refractivity contribution >= 4 is 33.8 Å². The quantitative estimate of drug-likeness (QED) is 0.902. The zero-order chi connectivity index (χ0) is 13.3. The molecule has 0 fully saturated rings. The van der Waals surface area contributed by atoms with Crippen molar-refractivity contribution in [2.24, 2.45) is 0 Å². The Labute approximate surface area is 113 Å². The summed E-state index contributed by atoms with van der Waals surface area (Å²) >= 11 is 2.70. The Bertz CT molecular complexity index is 561. The molecule has 0 aliphatic rings. The summed E-state index contributed by atoms with van der Waals surface area (Å²) in [6, 6.07) is 0. The Morgan fingerprint density at radius 2 is 2.22 bits per heavy atom. The van der Waals surface area contributed by atoms with Gasteiger partial charge in [-0.2, -0.15) is 4.37 Å². The number of hydrogen-bond acceptors (Lipinski definition) is 6. The molecule has 0 spiro atoms. The fourth-order valence-corrected chi connectivity index (χ4v) is 3.24. The molecule has 96 valence electrons. The number of thiazole rings is 1. The maximum Gasteiger partial charge on any atom is 0.340 e. The van der Waals surface area contributed by atoms with Crippen LogP contribution in [0.5, 0.6) is 0 Å². The van der Waals surface area contributed by atoms with E-state index in [0.717, 1.165) is 16.5 Å².